The third kappa shape index (κ3) is 4.32. The molecule has 1 heterocycles. The second kappa shape index (κ2) is 7.98. The maximum atomic E-state index is 12.8. The van der Waals surface area contributed by atoms with E-state index in [1.165, 1.54) is 12.1 Å². The quantitative estimate of drug-likeness (QED) is 0.763. The van der Waals surface area contributed by atoms with Gasteiger partial charge in [0.2, 0.25) is 15.9 Å². The molecular formula is C19H27N3O4S. The van der Waals surface area contributed by atoms with Gasteiger partial charge in [-0.1, -0.05) is 6.92 Å². The molecule has 1 aliphatic heterocycles. The first kappa shape index (κ1) is 19.8. The van der Waals surface area contributed by atoms with Gasteiger partial charge in [-0.05, 0) is 55.4 Å². The van der Waals surface area contributed by atoms with E-state index in [9.17, 15) is 18.0 Å². The number of fused-ring (bicyclic) bond motifs is 1. The minimum Gasteiger partial charge on any atom is -0.356 e. The van der Waals surface area contributed by atoms with Gasteiger partial charge in [-0.3, -0.25) is 9.59 Å². The van der Waals surface area contributed by atoms with Crippen LogP contribution in [0.4, 0.5) is 0 Å². The number of carbonyl (C=O) groups excluding carboxylic acids is 2. The largest absolute Gasteiger partial charge is 0.356 e. The molecule has 1 aromatic rings. The van der Waals surface area contributed by atoms with Crippen LogP contribution in [0, 0.1) is 11.8 Å². The first-order chi connectivity index (χ1) is 12.8. The molecule has 8 heteroatoms. The number of sulfonamides is 1. The van der Waals surface area contributed by atoms with Gasteiger partial charge in [0.1, 0.15) is 0 Å². The zero-order chi connectivity index (χ0) is 19.6. The minimum absolute atomic E-state index is 0.0966. The Morgan fingerprint density at radius 3 is 2.56 bits per heavy atom. The summed E-state index contributed by atoms with van der Waals surface area (Å²) >= 11 is 0. The summed E-state index contributed by atoms with van der Waals surface area (Å²) in [6, 6.07) is 6.17. The first-order valence-electron chi connectivity index (χ1n) is 9.45. The van der Waals surface area contributed by atoms with Crippen LogP contribution in [0.3, 0.4) is 0 Å². The molecule has 1 saturated heterocycles. The summed E-state index contributed by atoms with van der Waals surface area (Å²) in [7, 11) is -1.75. The van der Waals surface area contributed by atoms with Gasteiger partial charge in [0.15, 0.2) is 0 Å². The van der Waals surface area contributed by atoms with Crippen molar-refractivity contribution in [3.8, 4) is 0 Å². The summed E-state index contributed by atoms with van der Waals surface area (Å²) in [5.41, 5.74) is 0.469. The number of benzene rings is 1. The number of hydrogen-bond donors (Lipinski definition) is 2. The normalized spacial score (nSPS) is 25.0. The smallest absolute Gasteiger partial charge is 0.253 e. The molecule has 0 aromatic heterocycles. The summed E-state index contributed by atoms with van der Waals surface area (Å²) in [6.45, 7) is 2.97. The van der Waals surface area contributed by atoms with Crippen LogP contribution in [0.5, 0.6) is 0 Å². The van der Waals surface area contributed by atoms with Crippen molar-refractivity contribution in [1.29, 1.82) is 0 Å². The van der Waals surface area contributed by atoms with Crippen LogP contribution < -0.4 is 10.0 Å². The Balaban J connectivity index is 1.66. The second-order valence-electron chi connectivity index (χ2n) is 7.49. The van der Waals surface area contributed by atoms with E-state index >= 15 is 0 Å². The van der Waals surface area contributed by atoms with E-state index in [0.717, 1.165) is 12.8 Å². The van der Waals surface area contributed by atoms with Gasteiger partial charge in [0.25, 0.3) is 5.91 Å². The maximum Gasteiger partial charge on any atom is 0.253 e. The molecule has 2 N–H and O–H groups in total. The van der Waals surface area contributed by atoms with Crippen LogP contribution in [-0.4, -0.2) is 51.3 Å². The van der Waals surface area contributed by atoms with Crippen LogP contribution in [0.15, 0.2) is 29.2 Å². The molecule has 27 heavy (non-hydrogen) atoms. The molecule has 0 radical (unpaired) electrons. The van der Waals surface area contributed by atoms with Gasteiger partial charge in [-0.15, -0.1) is 0 Å². The summed E-state index contributed by atoms with van der Waals surface area (Å²) in [5, 5.41) is 2.90. The number of nitrogens with one attached hydrogen (secondary N) is 2. The Morgan fingerprint density at radius 1 is 1.22 bits per heavy atom. The van der Waals surface area contributed by atoms with Crippen molar-refractivity contribution in [2.45, 2.75) is 43.5 Å². The van der Waals surface area contributed by atoms with E-state index in [-0.39, 0.29) is 22.8 Å². The number of piperidine rings is 1. The molecule has 3 rings (SSSR count). The average molecular weight is 394 g/mol. The van der Waals surface area contributed by atoms with Crippen LogP contribution in [0.2, 0.25) is 0 Å². The highest BCUT2D eigenvalue weighted by atomic mass is 32.2. The monoisotopic (exact) mass is 393 g/mol. The Labute approximate surface area is 160 Å². The van der Waals surface area contributed by atoms with Crippen molar-refractivity contribution in [2.24, 2.45) is 11.8 Å². The first-order valence-corrected chi connectivity index (χ1v) is 10.9. The number of carbonyl (C=O) groups is 2. The third-order valence-corrected chi connectivity index (χ3v) is 7.12. The molecule has 2 aliphatic rings. The Hall–Kier alpha value is -1.93. The summed E-state index contributed by atoms with van der Waals surface area (Å²) in [4.78, 5) is 26.3. The zero-order valence-corrected chi connectivity index (χ0v) is 16.6. The molecule has 0 bridgehead atoms. The van der Waals surface area contributed by atoms with E-state index in [0.29, 0.717) is 43.3 Å². The van der Waals surface area contributed by atoms with Crippen molar-refractivity contribution in [1.82, 2.24) is 14.9 Å². The predicted octanol–water partition coefficient (Wildman–Crippen LogP) is 1.36. The van der Waals surface area contributed by atoms with Crippen molar-refractivity contribution >= 4 is 21.8 Å². The SMILES string of the molecule is CCCNS(=O)(=O)c1ccc(C(=O)N(C)[C@H]2C[C@H]3CNC(=O)C[C@H]3C2)cc1. The molecule has 1 aromatic carbocycles. The number of hydrogen-bond acceptors (Lipinski definition) is 4. The van der Waals surface area contributed by atoms with Gasteiger partial charge in [-0.2, -0.15) is 0 Å². The molecule has 7 nitrogen and oxygen atoms in total. The fourth-order valence-electron chi connectivity index (χ4n) is 4.02. The molecule has 148 valence electrons. The van der Waals surface area contributed by atoms with Crippen molar-refractivity contribution in [3.63, 3.8) is 0 Å². The van der Waals surface area contributed by atoms with E-state index in [1.54, 1.807) is 24.1 Å². The second-order valence-corrected chi connectivity index (χ2v) is 9.26. The van der Waals surface area contributed by atoms with E-state index in [4.69, 9.17) is 0 Å². The standard InChI is InChI=1S/C19H27N3O4S/c1-3-8-21-27(25,26)17-6-4-13(5-7-17)19(24)22(2)16-9-14-11-18(23)20-12-15(14)10-16/h4-7,14-16,21H,3,8-12H2,1-2H3,(H,20,23)/t14-,15+,16-/m1/s1. The predicted molar refractivity (Wildman–Crippen MR) is 102 cm³/mol. The Bertz CT molecular complexity index is 807. The van der Waals surface area contributed by atoms with Crippen molar-refractivity contribution in [2.75, 3.05) is 20.1 Å². The molecule has 0 spiro atoms. The van der Waals surface area contributed by atoms with Gasteiger partial charge < -0.3 is 10.2 Å². The fraction of sp³-hybridized carbons (Fsp3) is 0.579. The maximum absolute atomic E-state index is 12.8. The van der Waals surface area contributed by atoms with Crippen LogP contribution >= 0.6 is 0 Å². The summed E-state index contributed by atoms with van der Waals surface area (Å²) in [6.07, 6.45) is 2.99. The van der Waals surface area contributed by atoms with Gasteiger partial charge in [0.05, 0.1) is 4.90 Å². The van der Waals surface area contributed by atoms with Crippen LogP contribution in [0.1, 0.15) is 43.0 Å². The minimum atomic E-state index is -3.53. The topological polar surface area (TPSA) is 95.6 Å². The lowest BCUT2D eigenvalue weighted by atomic mass is 9.89. The molecule has 3 atom stereocenters. The average Bonchev–Trinajstić information content (AvgIpc) is 3.08. The third-order valence-electron chi connectivity index (χ3n) is 5.65. The Kier molecular flexibility index (Phi) is 5.86. The molecular weight excluding hydrogens is 366 g/mol. The lowest BCUT2D eigenvalue weighted by Crippen LogP contribution is -2.38. The van der Waals surface area contributed by atoms with Crippen molar-refractivity contribution < 1.29 is 18.0 Å². The molecule has 0 unspecified atom stereocenters. The molecule has 2 amide bonds. The number of rotatable bonds is 6. The highest BCUT2D eigenvalue weighted by Crippen LogP contribution is 2.38. The highest BCUT2D eigenvalue weighted by molar-refractivity contribution is 7.89. The lowest BCUT2D eigenvalue weighted by molar-refractivity contribution is -0.124. The van der Waals surface area contributed by atoms with Gasteiger partial charge in [-0.25, -0.2) is 13.1 Å². The zero-order valence-electron chi connectivity index (χ0n) is 15.8. The molecule has 1 aliphatic carbocycles. The van der Waals surface area contributed by atoms with Crippen molar-refractivity contribution in [3.05, 3.63) is 29.8 Å². The summed E-state index contributed by atoms with van der Waals surface area (Å²) < 4.78 is 26.8. The fourth-order valence-corrected chi connectivity index (χ4v) is 5.15. The van der Waals surface area contributed by atoms with Gasteiger partial charge >= 0.3 is 0 Å². The Morgan fingerprint density at radius 2 is 1.89 bits per heavy atom. The number of amides is 2. The van der Waals surface area contributed by atoms with Crippen LogP contribution in [-0.2, 0) is 14.8 Å². The molecule has 1 saturated carbocycles. The van der Waals surface area contributed by atoms with E-state index < -0.39 is 10.0 Å². The lowest BCUT2D eigenvalue weighted by Gasteiger charge is -2.25. The van der Waals surface area contributed by atoms with Gasteiger partial charge in [0, 0.05) is 38.2 Å². The molecule has 2 fully saturated rings. The van der Waals surface area contributed by atoms with E-state index in [1.807, 2.05) is 6.92 Å². The van der Waals surface area contributed by atoms with E-state index in [2.05, 4.69) is 10.0 Å². The highest BCUT2D eigenvalue weighted by Gasteiger charge is 2.40. The summed E-state index contributed by atoms with van der Waals surface area (Å²) in [5.74, 6) is 0.749. The number of nitrogens with zero attached hydrogens (tertiary/aromatic N) is 1. The van der Waals surface area contributed by atoms with Crippen LogP contribution in [0.25, 0.3) is 0 Å².